The zero-order chi connectivity index (χ0) is 22.2. The van der Waals surface area contributed by atoms with Crippen LogP contribution in [0.15, 0.2) is 71.8 Å². The van der Waals surface area contributed by atoms with Crippen molar-refractivity contribution < 1.29 is 19.1 Å². The third-order valence-corrected chi connectivity index (χ3v) is 4.59. The number of hydrogen-bond donors (Lipinski definition) is 1. The SMILES string of the molecule is O=C(COc1ccc(Cl)cc1Cl)N/N=C\c1cccc(OC(=O)c2ccc(Cl)cc2)c1. The minimum Gasteiger partial charge on any atom is -0.482 e. The largest absolute Gasteiger partial charge is 0.482 e. The Labute approximate surface area is 193 Å². The van der Waals surface area contributed by atoms with E-state index in [9.17, 15) is 9.59 Å². The first-order valence-corrected chi connectivity index (χ1v) is 10.0. The fourth-order valence-electron chi connectivity index (χ4n) is 2.36. The number of amides is 1. The smallest absolute Gasteiger partial charge is 0.343 e. The zero-order valence-corrected chi connectivity index (χ0v) is 18.1. The Kier molecular flexibility index (Phi) is 7.89. The molecule has 0 radical (unpaired) electrons. The molecule has 6 nitrogen and oxygen atoms in total. The lowest BCUT2D eigenvalue weighted by Crippen LogP contribution is -2.24. The molecular weight excluding hydrogens is 463 g/mol. The summed E-state index contributed by atoms with van der Waals surface area (Å²) in [5.41, 5.74) is 3.33. The van der Waals surface area contributed by atoms with Gasteiger partial charge in [0.15, 0.2) is 6.61 Å². The monoisotopic (exact) mass is 476 g/mol. The maximum Gasteiger partial charge on any atom is 0.343 e. The van der Waals surface area contributed by atoms with Gasteiger partial charge < -0.3 is 9.47 Å². The van der Waals surface area contributed by atoms with Gasteiger partial charge in [-0.15, -0.1) is 0 Å². The minimum absolute atomic E-state index is 0.280. The van der Waals surface area contributed by atoms with E-state index >= 15 is 0 Å². The van der Waals surface area contributed by atoms with E-state index in [-0.39, 0.29) is 6.61 Å². The summed E-state index contributed by atoms with van der Waals surface area (Å²) in [6, 6.07) is 17.7. The van der Waals surface area contributed by atoms with Crippen LogP contribution in [0, 0.1) is 0 Å². The molecule has 1 amide bonds. The van der Waals surface area contributed by atoms with Crippen molar-refractivity contribution >= 4 is 52.9 Å². The molecule has 0 aliphatic carbocycles. The first kappa shape index (κ1) is 22.6. The topological polar surface area (TPSA) is 77.0 Å². The fraction of sp³-hybridized carbons (Fsp3) is 0.0455. The van der Waals surface area contributed by atoms with Gasteiger partial charge in [0.05, 0.1) is 16.8 Å². The Balaban J connectivity index is 1.52. The van der Waals surface area contributed by atoms with Crippen LogP contribution in [0.3, 0.4) is 0 Å². The molecule has 3 aromatic rings. The molecule has 0 aromatic heterocycles. The summed E-state index contributed by atoms with van der Waals surface area (Å²) in [5.74, 6) is -0.332. The molecule has 0 heterocycles. The van der Waals surface area contributed by atoms with Crippen LogP contribution in [0.25, 0.3) is 0 Å². The zero-order valence-electron chi connectivity index (χ0n) is 15.8. The standard InChI is InChI=1S/C22H15Cl3N2O4/c23-16-6-4-15(5-7-16)22(29)31-18-3-1-2-14(10-18)12-26-27-21(28)13-30-20-9-8-17(24)11-19(20)25/h1-12H,13H2,(H,27,28)/b26-12-. The second-order valence-corrected chi connectivity index (χ2v) is 7.41. The van der Waals surface area contributed by atoms with Gasteiger partial charge in [-0.05, 0) is 60.2 Å². The lowest BCUT2D eigenvalue weighted by molar-refractivity contribution is -0.123. The number of halogens is 3. The predicted octanol–water partition coefficient (Wildman–Crippen LogP) is 5.40. The van der Waals surface area contributed by atoms with Crippen molar-refractivity contribution in [3.8, 4) is 11.5 Å². The van der Waals surface area contributed by atoms with Gasteiger partial charge in [-0.3, -0.25) is 4.79 Å². The summed E-state index contributed by atoms with van der Waals surface area (Å²) in [7, 11) is 0. The van der Waals surface area contributed by atoms with Crippen LogP contribution >= 0.6 is 34.8 Å². The van der Waals surface area contributed by atoms with Crippen molar-refractivity contribution in [2.75, 3.05) is 6.61 Å². The number of nitrogens with zero attached hydrogens (tertiary/aromatic N) is 1. The van der Waals surface area contributed by atoms with E-state index in [2.05, 4.69) is 10.5 Å². The number of benzene rings is 3. The molecule has 9 heteroatoms. The number of carbonyl (C=O) groups excluding carboxylic acids is 2. The fourth-order valence-corrected chi connectivity index (χ4v) is 2.95. The summed E-state index contributed by atoms with van der Waals surface area (Å²) in [5, 5.41) is 5.16. The van der Waals surface area contributed by atoms with Gasteiger partial charge in [0.1, 0.15) is 11.5 Å². The van der Waals surface area contributed by atoms with Gasteiger partial charge in [-0.1, -0.05) is 46.9 Å². The van der Waals surface area contributed by atoms with Crippen molar-refractivity contribution in [1.82, 2.24) is 5.43 Å². The van der Waals surface area contributed by atoms with Crippen LogP contribution in [-0.2, 0) is 4.79 Å². The highest BCUT2D eigenvalue weighted by molar-refractivity contribution is 6.35. The van der Waals surface area contributed by atoms with Crippen LogP contribution in [0.2, 0.25) is 15.1 Å². The summed E-state index contributed by atoms with van der Waals surface area (Å²) < 4.78 is 10.7. The van der Waals surface area contributed by atoms with Gasteiger partial charge in [-0.2, -0.15) is 5.10 Å². The highest BCUT2D eigenvalue weighted by Crippen LogP contribution is 2.27. The van der Waals surface area contributed by atoms with Crippen LogP contribution < -0.4 is 14.9 Å². The average molecular weight is 478 g/mol. The van der Waals surface area contributed by atoms with E-state index in [0.717, 1.165) is 0 Å². The van der Waals surface area contributed by atoms with E-state index < -0.39 is 11.9 Å². The van der Waals surface area contributed by atoms with E-state index in [1.54, 1.807) is 60.7 Å². The Morgan fingerprint density at radius 2 is 1.68 bits per heavy atom. The number of ether oxygens (including phenoxy) is 2. The highest BCUT2D eigenvalue weighted by Gasteiger charge is 2.09. The van der Waals surface area contributed by atoms with Gasteiger partial charge in [0.25, 0.3) is 5.91 Å². The van der Waals surface area contributed by atoms with Gasteiger partial charge in [0, 0.05) is 10.0 Å². The first-order valence-electron chi connectivity index (χ1n) is 8.88. The molecule has 3 aromatic carbocycles. The molecule has 0 saturated carbocycles. The quantitative estimate of drug-likeness (QED) is 0.214. The number of hydrogen-bond acceptors (Lipinski definition) is 5. The van der Waals surface area contributed by atoms with E-state index in [1.807, 2.05) is 0 Å². The lowest BCUT2D eigenvalue weighted by Gasteiger charge is -2.07. The number of nitrogens with one attached hydrogen (secondary N) is 1. The second kappa shape index (κ2) is 10.8. The minimum atomic E-state index is -0.517. The average Bonchev–Trinajstić information content (AvgIpc) is 2.74. The molecule has 0 saturated heterocycles. The number of esters is 1. The third kappa shape index (κ3) is 7.00. The Morgan fingerprint density at radius 1 is 0.935 bits per heavy atom. The highest BCUT2D eigenvalue weighted by atomic mass is 35.5. The van der Waals surface area contributed by atoms with Crippen molar-refractivity contribution in [1.29, 1.82) is 0 Å². The van der Waals surface area contributed by atoms with Crippen LogP contribution in [0.1, 0.15) is 15.9 Å². The molecular formula is C22H15Cl3N2O4. The predicted molar refractivity (Wildman–Crippen MR) is 121 cm³/mol. The van der Waals surface area contributed by atoms with Crippen LogP contribution in [-0.4, -0.2) is 24.7 Å². The molecule has 0 atom stereocenters. The summed E-state index contributed by atoms with van der Waals surface area (Å²) in [6.07, 6.45) is 1.41. The number of rotatable bonds is 7. The van der Waals surface area contributed by atoms with Crippen molar-refractivity contribution in [3.63, 3.8) is 0 Å². The molecule has 0 unspecified atom stereocenters. The first-order chi connectivity index (χ1) is 14.9. The Hall–Kier alpha value is -3.06. The second-order valence-electron chi connectivity index (χ2n) is 6.13. The van der Waals surface area contributed by atoms with E-state index in [1.165, 1.54) is 12.3 Å². The maximum atomic E-state index is 12.2. The summed E-state index contributed by atoms with van der Waals surface area (Å²) in [6.45, 7) is -0.280. The van der Waals surface area contributed by atoms with Gasteiger partial charge in [0.2, 0.25) is 0 Å². The maximum absolute atomic E-state index is 12.2. The van der Waals surface area contributed by atoms with Crippen molar-refractivity contribution in [3.05, 3.63) is 92.9 Å². The molecule has 3 rings (SSSR count). The molecule has 0 fully saturated rings. The van der Waals surface area contributed by atoms with Gasteiger partial charge in [-0.25, -0.2) is 10.2 Å². The van der Waals surface area contributed by atoms with Crippen LogP contribution in [0.5, 0.6) is 11.5 Å². The number of carbonyl (C=O) groups is 2. The number of hydrazone groups is 1. The van der Waals surface area contributed by atoms with Crippen molar-refractivity contribution in [2.24, 2.45) is 5.10 Å². The van der Waals surface area contributed by atoms with E-state index in [0.29, 0.717) is 37.7 Å². The third-order valence-electron chi connectivity index (χ3n) is 3.80. The summed E-state index contributed by atoms with van der Waals surface area (Å²) in [4.78, 5) is 24.1. The molecule has 31 heavy (non-hydrogen) atoms. The lowest BCUT2D eigenvalue weighted by atomic mass is 10.2. The Morgan fingerprint density at radius 3 is 2.42 bits per heavy atom. The molecule has 0 spiro atoms. The molecule has 0 bridgehead atoms. The normalized spacial score (nSPS) is 10.7. The summed E-state index contributed by atoms with van der Waals surface area (Å²) >= 11 is 17.6. The molecule has 0 aliphatic rings. The molecule has 1 N–H and O–H groups in total. The van der Waals surface area contributed by atoms with Gasteiger partial charge >= 0.3 is 5.97 Å². The molecule has 158 valence electrons. The molecule has 0 aliphatic heterocycles. The van der Waals surface area contributed by atoms with Crippen molar-refractivity contribution in [2.45, 2.75) is 0 Å². The van der Waals surface area contributed by atoms with Crippen LogP contribution in [0.4, 0.5) is 0 Å². The van der Waals surface area contributed by atoms with E-state index in [4.69, 9.17) is 44.3 Å². The Bertz CT molecular complexity index is 1120.